The van der Waals surface area contributed by atoms with Crippen LogP contribution in [-0.4, -0.2) is 10.8 Å². The number of nitro groups is 1. The average molecular weight is 356 g/mol. The number of para-hydroxylation sites is 1. The number of nitrogens with zero attached hydrogens (tertiary/aromatic N) is 1. The predicted octanol–water partition coefficient (Wildman–Crippen LogP) is 2.93. The van der Waals surface area contributed by atoms with E-state index in [0.29, 0.717) is 6.54 Å². The number of thiophene rings is 1. The summed E-state index contributed by atoms with van der Waals surface area (Å²) in [7, 11) is 0. The van der Waals surface area contributed by atoms with Crippen molar-refractivity contribution < 1.29 is 9.72 Å². The predicted molar refractivity (Wildman–Crippen MR) is 80.7 cm³/mol. The minimum atomic E-state index is -0.609. The lowest BCUT2D eigenvalue weighted by atomic mass is 10.1. The second-order valence-corrected chi connectivity index (χ2v) is 5.82. The van der Waals surface area contributed by atoms with Crippen molar-refractivity contribution in [1.29, 1.82) is 0 Å². The van der Waals surface area contributed by atoms with Gasteiger partial charge in [-0.1, -0.05) is 6.07 Å². The van der Waals surface area contributed by atoms with Gasteiger partial charge in [-0.2, -0.15) is 0 Å². The number of nitrogen functional groups attached to an aromatic ring is 1. The number of nitro benzene ring substituents is 1. The van der Waals surface area contributed by atoms with Crippen LogP contribution in [0.2, 0.25) is 0 Å². The number of anilines is 1. The van der Waals surface area contributed by atoms with E-state index in [2.05, 4.69) is 21.2 Å². The lowest BCUT2D eigenvalue weighted by Gasteiger charge is -2.06. The fourth-order valence-electron chi connectivity index (χ4n) is 1.62. The number of carbonyl (C=O) groups excluding carboxylic acids is 1. The summed E-state index contributed by atoms with van der Waals surface area (Å²) in [5.41, 5.74) is 5.37. The molecule has 2 aromatic rings. The Bertz CT molecular complexity index is 672. The molecular weight excluding hydrogens is 346 g/mol. The third-order valence-corrected chi connectivity index (χ3v) is 4.27. The Balaban J connectivity index is 2.13. The number of halogens is 1. The molecule has 0 aliphatic heterocycles. The maximum atomic E-state index is 12.0. The fourth-order valence-corrected chi connectivity index (χ4v) is 3.01. The van der Waals surface area contributed by atoms with Crippen molar-refractivity contribution in [3.8, 4) is 0 Å². The molecule has 1 heterocycles. The Hall–Kier alpha value is -1.93. The second-order valence-electron chi connectivity index (χ2n) is 3.91. The van der Waals surface area contributed by atoms with E-state index in [1.165, 1.54) is 29.5 Å². The zero-order valence-corrected chi connectivity index (χ0v) is 12.5. The molecule has 0 bridgehead atoms. The quantitative estimate of drug-likeness (QED) is 0.500. The van der Waals surface area contributed by atoms with Gasteiger partial charge in [-0.3, -0.25) is 14.9 Å². The van der Waals surface area contributed by atoms with E-state index in [0.717, 1.165) is 9.35 Å². The first-order valence-corrected chi connectivity index (χ1v) is 7.20. The zero-order valence-electron chi connectivity index (χ0n) is 10.1. The number of nitrogens with two attached hydrogens (primary N) is 1. The molecule has 1 amide bonds. The van der Waals surface area contributed by atoms with Crippen LogP contribution in [0.25, 0.3) is 0 Å². The molecule has 0 atom stereocenters. The number of nitrogens with one attached hydrogen (secondary N) is 1. The summed E-state index contributed by atoms with van der Waals surface area (Å²) >= 11 is 4.82. The summed E-state index contributed by atoms with van der Waals surface area (Å²) in [5, 5.41) is 15.4. The summed E-state index contributed by atoms with van der Waals surface area (Å²) in [6.07, 6.45) is 0. The first-order chi connectivity index (χ1) is 9.49. The molecule has 104 valence electrons. The smallest absolute Gasteiger partial charge is 0.292 e. The normalized spacial score (nSPS) is 10.2. The van der Waals surface area contributed by atoms with Crippen LogP contribution >= 0.6 is 27.3 Å². The molecule has 0 aliphatic carbocycles. The maximum Gasteiger partial charge on any atom is 0.292 e. The maximum absolute atomic E-state index is 12.0. The monoisotopic (exact) mass is 355 g/mol. The molecule has 2 rings (SSSR count). The highest BCUT2D eigenvalue weighted by Gasteiger charge is 2.18. The average Bonchev–Trinajstić information content (AvgIpc) is 2.81. The molecule has 1 aromatic carbocycles. The Morgan fingerprint density at radius 2 is 2.25 bits per heavy atom. The first-order valence-electron chi connectivity index (χ1n) is 5.53. The van der Waals surface area contributed by atoms with Crippen LogP contribution < -0.4 is 11.1 Å². The fraction of sp³-hybridized carbons (Fsp3) is 0.0833. The van der Waals surface area contributed by atoms with Crippen molar-refractivity contribution in [2.45, 2.75) is 6.54 Å². The molecule has 3 N–H and O–H groups in total. The minimum absolute atomic E-state index is 0.106. The van der Waals surface area contributed by atoms with Gasteiger partial charge in [0.15, 0.2) is 0 Å². The lowest BCUT2D eigenvalue weighted by Crippen LogP contribution is -2.23. The number of hydrogen-bond acceptors (Lipinski definition) is 5. The number of benzene rings is 1. The molecule has 0 aliphatic rings. The van der Waals surface area contributed by atoms with Crippen LogP contribution in [0.4, 0.5) is 11.4 Å². The lowest BCUT2D eigenvalue weighted by molar-refractivity contribution is -0.383. The minimum Gasteiger partial charge on any atom is -0.393 e. The second kappa shape index (κ2) is 6.02. The Labute approximate surface area is 126 Å². The number of hydrogen-bond donors (Lipinski definition) is 2. The van der Waals surface area contributed by atoms with Gasteiger partial charge < -0.3 is 11.1 Å². The molecule has 0 radical (unpaired) electrons. The largest absolute Gasteiger partial charge is 0.393 e. The van der Waals surface area contributed by atoms with E-state index < -0.39 is 10.8 Å². The van der Waals surface area contributed by atoms with Gasteiger partial charge in [0.05, 0.1) is 17.0 Å². The Morgan fingerprint density at radius 1 is 1.50 bits per heavy atom. The number of amides is 1. The van der Waals surface area contributed by atoms with E-state index >= 15 is 0 Å². The van der Waals surface area contributed by atoms with Crippen molar-refractivity contribution in [3.05, 3.63) is 54.7 Å². The van der Waals surface area contributed by atoms with Crippen LogP contribution in [0.15, 0.2) is 34.1 Å². The van der Waals surface area contributed by atoms with E-state index in [1.54, 1.807) is 0 Å². The van der Waals surface area contributed by atoms with Gasteiger partial charge in [-0.25, -0.2) is 0 Å². The number of carbonyl (C=O) groups is 1. The summed E-state index contributed by atoms with van der Waals surface area (Å²) in [5.74, 6) is -0.435. The highest BCUT2D eigenvalue weighted by Crippen LogP contribution is 2.25. The molecule has 0 unspecified atom stereocenters. The van der Waals surface area contributed by atoms with Gasteiger partial charge in [0, 0.05) is 20.8 Å². The van der Waals surface area contributed by atoms with Crippen molar-refractivity contribution in [2.24, 2.45) is 0 Å². The van der Waals surface area contributed by atoms with Crippen molar-refractivity contribution in [1.82, 2.24) is 5.32 Å². The molecule has 1 aromatic heterocycles. The third-order valence-electron chi connectivity index (χ3n) is 2.57. The van der Waals surface area contributed by atoms with Crippen LogP contribution in [0, 0.1) is 10.1 Å². The van der Waals surface area contributed by atoms with Crippen molar-refractivity contribution in [2.75, 3.05) is 5.73 Å². The third kappa shape index (κ3) is 3.14. The summed E-state index contributed by atoms with van der Waals surface area (Å²) in [6, 6.07) is 6.05. The van der Waals surface area contributed by atoms with Gasteiger partial charge in [0.1, 0.15) is 5.69 Å². The molecule has 0 saturated heterocycles. The summed E-state index contributed by atoms with van der Waals surface area (Å²) in [6.45, 7) is 0.344. The molecule has 6 nitrogen and oxygen atoms in total. The van der Waals surface area contributed by atoms with Gasteiger partial charge in [0.2, 0.25) is 0 Å². The van der Waals surface area contributed by atoms with Gasteiger partial charge in [-0.15, -0.1) is 11.3 Å². The molecule has 0 saturated carbocycles. The zero-order chi connectivity index (χ0) is 14.7. The number of rotatable bonds is 4. The van der Waals surface area contributed by atoms with E-state index in [-0.39, 0.29) is 16.9 Å². The van der Waals surface area contributed by atoms with E-state index in [9.17, 15) is 14.9 Å². The topological polar surface area (TPSA) is 98.3 Å². The van der Waals surface area contributed by atoms with E-state index in [4.69, 9.17) is 5.73 Å². The Morgan fingerprint density at radius 3 is 2.85 bits per heavy atom. The Kier molecular flexibility index (Phi) is 4.35. The standard InChI is InChI=1S/C12H10BrN3O3S/c13-7-4-8(20-6-7)5-15-12(17)9-2-1-3-10(11(9)14)16(18)19/h1-4,6H,5,14H2,(H,15,17). The SMILES string of the molecule is Nc1c(C(=O)NCc2cc(Br)cs2)cccc1[N+](=O)[O-]. The molecular formula is C12H10BrN3O3S. The van der Waals surface area contributed by atoms with Crippen LogP contribution in [0.3, 0.4) is 0 Å². The molecule has 0 spiro atoms. The first kappa shape index (κ1) is 14.5. The van der Waals surface area contributed by atoms with Gasteiger partial charge in [-0.05, 0) is 28.1 Å². The molecule has 0 fully saturated rings. The summed E-state index contributed by atoms with van der Waals surface area (Å²) in [4.78, 5) is 23.1. The van der Waals surface area contributed by atoms with Crippen LogP contribution in [0.1, 0.15) is 15.2 Å². The van der Waals surface area contributed by atoms with E-state index in [1.807, 2.05) is 11.4 Å². The molecule has 8 heteroatoms. The molecule has 20 heavy (non-hydrogen) atoms. The highest BCUT2D eigenvalue weighted by molar-refractivity contribution is 9.10. The van der Waals surface area contributed by atoms with Crippen molar-refractivity contribution in [3.63, 3.8) is 0 Å². The van der Waals surface area contributed by atoms with Crippen molar-refractivity contribution >= 4 is 44.5 Å². The van der Waals surface area contributed by atoms with Gasteiger partial charge >= 0.3 is 0 Å². The van der Waals surface area contributed by atoms with Crippen LogP contribution in [-0.2, 0) is 6.54 Å². The van der Waals surface area contributed by atoms with Gasteiger partial charge in [0.25, 0.3) is 11.6 Å². The summed E-state index contributed by atoms with van der Waals surface area (Å²) < 4.78 is 0.946. The van der Waals surface area contributed by atoms with Crippen LogP contribution in [0.5, 0.6) is 0 Å². The highest BCUT2D eigenvalue weighted by atomic mass is 79.9.